The van der Waals surface area contributed by atoms with Crippen LogP contribution in [0.3, 0.4) is 0 Å². The number of phenols is 3. The third-order valence-corrected chi connectivity index (χ3v) is 27.2. The van der Waals surface area contributed by atoms with Gasteiger partial charge in [-0.2, -0.15) is 0 Å². The Morgan fingerprint density at radius 3 is 1.80 bits per heavy atom. The molecular formula is C96H109ClN10O26. The zero-order valence-electron chi connectivity index (χ0n) is 73.6. The Hall–Kier alpha value is -12.0. The number of carbonyl (C=O) groups is 8. The maximum atomic E-state index is 16.1. The van der Waals surface area contributed by atoms with Crippen LogP contribution in [-0.4, -0.2) is 225 Å². The van der Waals surface area contributed by atoms with Gasteiger partial charge < -0.3 is 137 Å². The molecule has 7 amide bonds. The largest absolute Gasteiger partial charge is 0.508 e. The number of nitrogens with one attached hydrogen (secondary N) is 8. The fourth-order valence-electron chi connectivity index (χ4n) is 19.3. The second-order valence-corrected chi connectivity index (χ2v) is 36.1. The molecule has 7 heterocycles. The molecule has 10 unspecified atom stereocenters. The minimum atomic E-state index is -2.28. The fraction of sp³-hybridized carbons (Fsp3) is 0.417. The van der Waals surface area contributed by atoms with E-state index < -0.39 is 239 Å². The average molecular weight is 1850 g/mol. The second-order valence-electron chi connectivity index (χ2n) is 35.7. The molecule has 7 aliphatic heterocycles. The lowest BCUT2D eigenvalue weighted by atomic mass is 9.54. The number of fused-ring (bicyclic) bond motifs is 8. The normalized spacial score (nSPS) is 30.7. The highest BCUT2D eigenvalue weighted by Gasteiger charge is 2.75. The van der Waals surface area contributed by atoms with Gasteiger partial charge in [-0.1, -0.05) is 161 Å². The number of phenolic OH excluding ortho intramolecular Hbond substituents is 3. The minimum absolute atomic E-state index is 0.0165. The maximum absolute atomic E-state index is 16.1. The lowest BCUT2D eigenvalue weighted by Gasteiger charge is -2.60. The number of carboxylic acid groups (broad SMARTS) is 1. The number of para-hydroxylation sites is 1. The maximum Gasteiger partial charge on any atom is 0.330 e. The first kappa shape index (κ1) is 95.7. The molecule has 2 saturated carbocycles. The molecule has 37 heteroatoms. The van der Waals surface area contributed by atoms with Crippen molar-refractivity contribution >= 4 is 58.9 Å². The lowest BCUT2D eigenvalue weighted by Crippen LogP contribution is -2.80. The van der Waals surface area contributed by atoms with Crippen molar-refractivity contribution in [3.05, 3.63) is 226 Å². The summed E-state index contributed by atoms with van der Waals surface area (Å²) in [6, 6.07) is 34.8. The van der Waals surface area contributed by atoms with Crippen LogP contribution in [-0.2, 0) is 81.7 Å². The Morgan fingerprint density at radius 2 is 1.22 bits per heavy atom. The van der Waals surface area contributed by atoms with E-state index in [0.29, 0.717) is 6.54 Å². The van der Waals surface area contributed by atoms with Crippen LogP contribution in [0.2, 0.25) is 5.02 Å². The number of hydrogen-bond acceptors (Lipinski definition) is 28. The number of ether oxygens (including phenoxy) is 8. The van der Waals surface area contributed by atoms with Gasteiger partial charge in [0.05, 0.1) is 65.1 Å². The number of carbonyl (C=O) groups excluding carboxylic acids is 7. The number of benzene rings is 8. The molecule has 10 bridgehead atoms. The number of aliphatic carboxylic acids is 1. The molecule has 20 N–H and O–H groups in total. The number of aliphatic hydroxyl groups excluding tert-OH is 6. The quantitative estimate of drug-likeness (QED) is 0.0391. The Morgan fingerprint density at radius 1 is 0.632 bits per heavy atom. The molecule has 8 aromatic rings. The van der Waals surface area contributed by atoms with Crippen LogP contribution in [0.5, 0.6) is 46.0 Å². The molecule has 17 rings (SSSR count). The summed E-state index contributed by atoms with van der Waals surface area (Å²) in [5.41, 5.74) is 1.67. The standard InChI is InChI=1S/C96H109ClN10O26/c1-47(2)34-62(107(7)45-52-22-15-10-16-23-52)87(120)105-76-78(114)55-29-33-65(60(97)36-55)127-67-25-17-24-66(82(67)131-92-83(80(116)79(115)68(46-108)128-92)130-72-41-96(85(118)49(4)94(96,6)133-72)101-43-51-20-13-9-14-21-51)126-57-30-26-53(27-31-57)81(129-71-40-95(84(117)48(3)93(95,5)132-71)100-42-50-18-11-8-12-19-50)77-90(123)104-75(91(124)125)59-37-56(109)38-64(111)73(59)58-35-54(28-32-63(58)110)74(88(121)106-77)103-70(113)44-99-86(119)61(39-69(98)112)102-89(76)122/h8-33,35-38,47-49,61-62,68,71-72,74-81,83-85,92,100-101,108-111,114-118H,34,39-46H2,1-7H3,(H2,98,112)(H,99,119)(H,102,122)(H,103,113)(H,104,123)(H,105,120)(H,106,121)(H,124,125)/t48?,49?,61-,62+,68+,71?,72?,74+,75-,76+,77-,78+,79+,80-,81+,83+,84?,85?,92-,93?,94?,95?,96?/m0/s1. The van der Waals surface area contributed by atoms with Gasteiger partial charge in [-0.05, 0) is 121 Å². The first-order chi connectivity index (χ1) is 63.4. The highest BCUT2D eigenvalue weighted by molar-refractivity contribution is 6.32. The van der Waals surface area contributed by atoms with Crippen LogP contribution in [0.4, 0.5) is 0 Å². The van der Waals surface area contributed by atoms with E-state index in [1.807, 2.05) is 119 Å². The minimum Gasteiger partial charge on any atom is -0.508 e. The summed E-state index contributed by atoms with van der Waals surface area (Å²) in [6.45, 7) is 9.63. The smallest absolute Gasteiger partial charge is 0.330 e. The predicted molar refractivity (Wildman–Crippen MR) is 475 cm³/mol. The van der Waals surface area contributed by atoms with Gasteiger partial charge in [0.15, 0.2) is 36.2 Å². The molecule has 23 atom stereocenters. The van der Waals surface area contributed by atoms with E-state index >= 15 is 19.2 Å². The first-order valence-electron chi connectivity index (χ1n) is 43.8. The van der Waals surface area contributed by atoms with Crippen LogP contribution in [0.15, 0.2) is 182 Å². The predicted octanol–water partition coefficient (Wildman–Crippen LogP) is 5.21. The summed E-state index contributed by atoms with van der Waals surface area (Å²) >= 11 is 7.25. The highest BCUT2D eigenvalue weighted by atomic mass is 35.5. The third kappa shape index (κ3) is 19.2. The van der Waals surface area contributed by atoms with E-state index in [0.717, 1.165) is 47.0 Å². The number of nitrogens with two attached hydrogens (primary N) is 1. The Balaban J connectivity index is 0.870. The zero-order valence-corrected chi connectivity index (χ0v) is 74.4. The van der Waals surface area contributed by atoms with Gasteiger partial charge in [0.2, 0.25) is 53.4 Å². The SMILES string of the molecule is CC(C)C[C@H](C(=O)N[C@H]1C(=O)N[C@@H](CC(N)=O)C(=O)NCC(=O)N[C@H]2C(=O)N[C@H](C(=O)N[C@H](C(=O)O)c3cc(O)cc(O)c3-c3cc2ccc3O)[C@H](OC2CC3(NCc4ccccc4)C(O)C(C)C3(C)O2)c2ccc(cc2)Oc2cccc(c2O[C@@H]2O[C@H](CO)[C@@H](O)[C@H](O)[C@H]2OC2CC3(NCc4ccccc4)C(O)C(C)C3(C)O2)Oc2ccc(cc2Cl)[C@H]1O)N(C)Cc1ccccc1. The van der Waals surface area contributed by atoms with Crippen LogP contribution >= 0.6 is 11.6 Å². The lowest BCUT2D eigenvalue weighted by molar-refractivity contribution is -0.324. The van der Waals surface area contributed by atoms with Crippen molar-refractivity contribution in [1.82, 2.24) is 47.4 Å². The molecule has 0 spiro atoms. The van der Waals surface area contributed by atoms with Gasteiger partial charge in [0.1, 0.15) is 83.4 Å². The molecule has 5 fully saturated rings. The first-order valence-corrected chi connectivity index (χ1v) is 44.2. The van der Waals surface area contributed by atoms with E-state index in [9.17, 15) is 70.2 Å². The summed E-state index contributed by atoms with van der Waals surface area (Å²) in [6.07, 6.45) is -18.8. The number of primary amides is 1. The van der Waals surface area contributed by atoms with E-state index in [1.54, 1.807) is 25.8 Å². The molecule has 706 valence electrons. The van der Waals surface area contributed by atoms with Crippen molar-refractivity contribution in [2.75, 3.05) is 20.2 Å². The molecule has 133 heavy (non-hydrogen) atoms. The van der Waals surface area contributed by atoms with Gasteiger partial charge in [0.25, 0.3) is 0 Å². The van der Waals surface area contributed by atoms with E-state index in [4.69, 9.17) is 55.2 Å². The summed E-state index contributed by atoms with van der Waals surface area (Å²) < 4.78 is 54.2. The summed E-state index contributed by atoms with van der Waals surface area (Å²) in [7, 11) is 1.69. The van der Waals surface area contributed by atoms with Crippen molar-refractivity contribution < 1.29 is 127 Å². The van der Waals surface area contributed by atoms with Crippen LogP contribution < -0.4 is 62.5 Å². The van der Waals surface area contributed by atoms with Gasteiger partial charge >= 0.3 is 5.97 Å². The molecule has 3 saturated heterocycles. The molecule has 0 radical (unpaired) electrons. The van der Waals surface area contributed by atoms with Crippen molar-refractivity contribution in [2.24, 2.45) is 23.5 Å². The Bertz CT molecular complexity index is 5640. The number of carboxylic acids is 1. The average Bonchev–Trinajstić information content (AvgIpc) is 1.53. The van der Waals surface area contributed by atoms with Gasteiger partial charge in [-0.25, -0.2) is 4.79 Å². The van der Waals surface area contributed by atoms with Crippen LogP contribution in [0, 0.1) is 17.8 Å². The van der Waals surface area contributed by atoms with Gasteiger partial charge in [0, 0.05) is 67.1 Å². The number of hydrogen-bond donors (Lipinski definition) is 19. The van der Waals surface area contributed by atoms with E-state index in [2.05, 4.69) is 42.5 Å². The molecule has 2 aliphatic carbocycles. The van der Waals surface area contributed by atoms with Gasteiger partial charge in [-0.15, -0.1) is 0 Å². The molecule has 8 aromatic carbocycles. The molecule has 36 nitrogen and oxygen atoms in total. The summed E-state index contributed by atoms with van der Waals surface area (Å²) in [5.74, 6) is -14.8. The van der Waals surface area contributed by atoms with E-state index in [-0.39, 0.29) is 88.7 Å². The van der Waals surface area contributed by atoms with Crippen LogP contribution in [0.1, 0.15) is 130 Å². The second kappa shape index (κ2) is 39.3. The Labute approximate surface area is 769 Å². The van der Waals surface area contributed by atoms with Crippen molar-refractivity contribution in [3.63, 3.8) is 0 Å². The fourth-order valence-corrected chi connectivity index (χ4v) is 19.5. The zero-order chi connectivity index (χ0) is 95.0. The summed E-state index contributed by atoms with van der Waals surface area (Å²) in [4.78, 5) is 121. The number of rotatable bonds is 23. The topological polar surface area (TPSA) is 538 Å². The van der Waals surface area contributed by atoms with Crippen molar-refractivity contribution in [2.45, 2.75) is 213 Å². The Kier molecular flexibility index (Phi) is 28.3. The number of amides is 7. The van der Waals surface area contributed by atoms with E-state index in [1.165, 1.54) is 60.7 Å². The van der Waals surface area contributed by atoms with Crippen LogP contribution in [0.25, 0.3) is 11.1 Å². The number of nitrogens with zero attached hydrogens (tertiary/aromatic N) is 1. The number of halogens is 1. The van der Waals surface area contributed by atoms with Gasteiger partial charge in [-0.3, -0.25) is 38.5 Å². The highest BCUT2D eigenvalue weighted by Crippen LogP contribution is 2.60. The van der Waals surface area contributed by atoms with Crippen molar-refractivity contribution in [3.8, 4) is 57.1 Å². The number of likely N-dealkylation sites (N-methyl/N-ethyl adjacent to an activating group) is 1. The molecule has 0 aromatic heterocycles. The molecular weight excluding hydrogens is 1740 g/mol. The monoisotopic (exact) mass is 1850 g/mol. The third-order valence-electron chi connectivity index (χ3n) is 26.9. The number of aliphatic hydroxyl groups is 6. The van der Waals surface area contributed by atoms with Crippen molar-refractivity contribution in [1.29, 1.82) is 0 Å². The molecule has 9 aliphatic rings. The summed E-state index contributed by atoms with van der Waals surface area (Å²) in [5, 5.41) is 140. The number of aromatic hydroxyl groups is 3.